The summed E-state index contributed by atoms with van der Waals surface area (Å²) in [6.45, 7) is 4.35. The van der Waals surface area contributed by atoms with Gasteiger partial charge in [0.25, 0.3) is 0 Å². The molecule has 44 heavy (non-hydrogen) atoms. The average molecular weight is 593 g/mol. The van der Waals surface area contributed by atoms with E-state index in [2.05, 4.69) is 13.8 Å². The van der Waals surface area contributed by atoms with Crippen LogP contribution in [0.4, 0.5) is 22.7 Å². The molecule has 0 unspecified atom stereocenters. The van der Waals surface area contributed by atoms with Gasteiger partial charge in [0.15, 0.2) is 23.1 Å². The van der Waals surface area contributed by atoms with Crippen molar-refractivity contribution in [2.45, 2.75) is 65.2 Å². The van der Waals surface area contributed by atoms with Crippen LogP contribution in [0.1, 0.15) is 95.3 Å². The Labute approximate surface area is 258 Å². The lowest BCUT2D eigenvalue weighted by molar-refractivity contribution is 0.0981. The number of hydrogen-bond donors (Lipinski definition) is 4. The fraction of sp³-hybridized carbons (Fsp3) is 0.278. The second-order valence-electron chi connectivity index (χ2n) is 11.3. The summed E-state index contributed by atoms with van der Waals surface area (Å²) in [5.41, 5.74) is 28.0. The van der Waals surface area contributed by atoms with Gasteiger partial charge in [0, 0.05) is 23.5 Å². The smallest absolute Gasteiger partial charge is 0.199 e. The van der Waals surface area contributed by atoms with E-state index in [-0.39, 0.29) is 56.5 Å². The number of anilines is 4. The van der Waals surface area contributed by atoms with Crippen LogP contribution in [0, 0.1) is 0 Å². The van der Waals surface area contributed by atoms with Crippen molar-refractivity contribution in [2.75, 3.05) is 22.9 Å². The molecular formula is C36H40N4O4. The largest absolute Gasteiger partial charge is 0.455 e. The van der Waals surface area contributed by atoms with Crippen molar-refractivity contribution in [3.8, 4) is 23.0 Å². The molecule has 8 N–H and O–H groups in total. The molecular weight excluding hydrogens is 552 g/mol. The van der Waals surface area contributed by atoms with Crippen molar-refractivity contribution in [1.29, 1.82) is 0 Å². The third kappa shape index (κ3) is 6.06. The molecule has 8 nitrogen and oxygen atoms in total. The Morgan fingerprint density at radius 2 is 0.886 bits per heavy atom. The summed E-state index contributed by atoms with van der Waals surface area (Å²) in [4.78, 5) is 27.7. The summed E-state index contributed by atoms with van der Waals surface area (Å²) in [7, 11) is 0. The van der Waals surface area contributed by atoms with Gasteiger partial charge in [-0.2, -0.15) is 0 Å². The van der Waals surface area contributed by atoms with Crippen molar-refractivity contribution in [3.63, 3.8) is 0 Å². The molecule has 0 bridgehead atoms. The standard InChI is InChI=1S/C36H40N4O4/c1-3-5-7-9-21-11-15-23(16-12-21)43-27-19-25(37)29-31(33(27)39)36(42)32-30(35(29)41)26(38)20-28(34(32)40)44-24-17-13-22(14-18-24)10-8-6-4-2/h11-20H,3-10,37-40H2,1-2H3. The number of benzene rings is 4. The molecule has 0 saturated carbocycles. The molecule has 0 heterocycles. The molecule has 228 valence electrons. The minimum Gasteiger partial charge on any atom is -0.455 e. The highest BCUT2D eigenvalue weighted by Crippen LogP contribution is 2.46. The fourth-order valence-electron chi connectivity index (χ4n) is 5.63. The van der Waals surface area contributed by atoms with Gasteiger partial charge in [-0.15, -0.1) is 0 Å². The molecule has 1 aliphatic rings. The zero-order valence-corrected chi connectivity index (χ0v) is 25.4. The summed E-state index contributed by atoms with van der Waals surface area (Å²) in [5, 5.41) is 0. The van der Waals surface area contributed by atoms with Crippen molar-refractivity contribution in [1.82, 2.24) is 0 Å². The number of ether oxygens (including phenoxy) is 2. The highest BCUT2D eigenvalue weighted by molar-refractivity contribution is 6.35. The third-order valence-corrected chi connectivity index (χ3v) is 8.07. The van der Waals surface area contributed by atoms with Gasteiger partial charge in [-0.05, 0) is 61.1 Å². The first-order valence-corrected chi connectivity index (χ1v) is 15.3. The molecule has 0 atom stereocenters. The molecule has 0 aromatic heterocycles. The predicted octanol–water partition coefficient (Wildman–Crippen LogP) is 7.84. The first-order valence-electron chi connectivity index (χ1n) is 15.3. The first-order chi connectivity index (χ1) is 21.2. The van der Waals surface area contributed by atoms with E-state index in [9.17, 15) is 9.59 Å². The topological polar surface area (TPSA) is 157 Å². The van der Waals surface area contributed by atoms with Crippen LogP contribution in [0.25, 0.3) is 0 Å². The maximum absolute atomic E-state index is 14.0. The number of fused-ring (bicyclic) bond motifs is 2. The van der Waals surface area contributed by atoms with E-state index >= 15 is 0 Å². The summed E-state index contributed by atoms with van der Waals surface area (Å²) in [6.07, 6.45) is 8.88. The molecule has 0 spiro atoms. The van der Waals surface area contributed by atoms with Gasteiger partial charge in [-0.3, -0.25) is 9.59 Å². The van der Waals surface area contributed by atoms with Gasteiger partial charge in [0.05, 0.1) is 33.6 Å². The Balaban J connectivity index is 1.45. The van der Waals surface area contributed by atoms with Crippen LogP contribution >= 0.6 is 0 Å². The lowest BCUT2D eigenvalue weighted by Gasteiger charge is -2.25. The number of carbonyl (C=O) groups excluding carboxylic acids is 2. The van der Waals surface area contributed by atoms with E-state index in [0.717, 1.165) is 38.5 Å². The molecule has 1 aliphatic carbocycles. The van der Waals surface area contributed by atoms with Crippen molar-refractivity contribution < 1.29 is 19.1 Å². The molecule has 8 heteroatoms. The minimum atomic E-state index is -0.573. The van der Waals surface area contributed by atoms with Crippen LogP contribution in [0.15, 0.2) is 60.7 Å². The lowest BCUT2D eigenvalue weighted by atomic mass is 9.80. The number of ketones is 2. The molecule has 0 fully saturated rings. The van der Waals surface area contributed by atoms with E-state index in [1.54, 1.807) is 0 Å². The van der Waals surface area contributed by atoms with Crippen LogP contribution in [-0.2, 0) is 12.8 Å². The summed E-state index contributed by atoms with van der Waals surface area (Å²) in [5.74, 6) is 0.290. The quantitative estimate of drug-likeness (QED) is 0.0843. The number of rotatable bonds is 12. The Morgan fingerprint density at radius 3 is 1.25 bits per heavy atom. The maximum Gasteiger partial charge on any atom is 0.199 e. The van der Waals surface area contributed by atoms with Gasteiger partial charge in [-0.25, -0.2) is 0 Å². The summed E-state index contributed by atoms with van der Waals surface area (Å²) >= 11 is 0. The van der Waals surface area contributed by atoms with Crippen LogP contribution in [0.5, 0.6) is 23.0 Å². The van der Waals surface area contributed by atoms with Gasteiger partial charge >= 0.3 is 0 Å². The highest BCUT2D eigenvalue weighted by atomic mass is 16.5. The second-order valence-corrected chi connectivity index (χ2v) is 11.3. The zero-order chi connectivity index (χ0) is 31.4. The van der Waals surface area contributed by atoms with Crippen LogP contribution in [0.2, 0.25) is 0 Å². The molecule has 5 rings (SSSR count). The average Bonchev–Trinajstić information content (AvgIpc) is 3.01. The Bertz CT molecular complexity index is 1570. The van der Waals surface area contributed by atoms with Crippen LogP contribution < -0.4 is 32.4 Å². The highest BCUT2D eigenvalue weighted by Gasteiger charge is 2.38. The van der Waals surface area contributed by atoms with E-state index in [1.165, 1.54) is 36.1 Å². The predicted molar refractivity (Wildman–Crippen MR) is 177 cm³/mol. The lowest BCUT2D eigenvalue weighted by Crippen LogP contribution is -2.26. The number of nitrogen functional groups attached to an aromatic ring is 4. The van der Waals surface area contributed by atoms with Gasteiger partial charge in [0.2, 0.25) is 0 Å². The number of carbonyl (C=O) groups is 2. The third-order valence-electron chi connectivity index (χ3n) is 8.07. The SMILES string of the molecule is CCCCCc1ccc(Oc2cc(N)c3c(c2N)C(=O)c2c(N)c(Oc4ccc(CCCCC)cc4)cc(N)c2C3=O)cc1. The van der Waals surface area contributed by atoms with E-state index < -0.39 is 11.6 Å². The molecule has 4 aromatic carbocycles. The number of unbranched alkanes of at least 4 members (excludes halogenated alkanes) is 4. The van der Waals surface area contributed by atoms with Gasteiger partial charge < -0.3 is 32.4 Å². The van der Waals surface area contributed by atoms with Gasteiger partial charge in [0.1, 0.15) is 11.5 Å². The van der Waals surface area contributed by atoms with Crippen molar-refractivity contribution in [3.05, 3.63) is 94.0 Å². The maximum atomic E-state index is 14.0. The minimum absolute atomic E-state index is 0.00632. The van der Waals surface area contributed by atoms with E-state index in [0.29, 0.717) is 11.5 Å². The Kier molecular flexibility index (Phi) is 9.09. The second kappa shape index (κ2) is 13.1. The number of hydrogen-bond acceptors (Lipinski definition) is 8. The Morgan fingerprint density at radius 1 is 0.523 bits per heavy atom. The first kappa shape index (κ1) is 30.5. The summed E-state index contributed by atoms with van der Waals surface area (Å²) in [6, 6.07) is 18.3. The van der Waals surface area contributed by atoms with E-state index in [4.69, 9.17) is 32.4 Å². The zero-order valence-electron chi connectivity index (χ0n) is 25.4. The molecule has 0 aliphatic heterocycles. The Hall–Kier alpha value is -4.98. The van der Waals surface area contributed by atoms with Crippen LogP contribution in [0.3, 0.4) is 0 Å². The van der Waals surface area contributed by atoms with Crippen molar-refractivity contribution >= 4 is 34.3 Å². The van der Waals surface area contributed by atoms with Gasteiger partial charge in [-0.1, -0.05) is 63.8 Å². The molecule has 0 saturated heterocycles. The monoisotopic (exact) mass is 592 g/mol. The van der Waals surface area contributed by atoms with E-state index in [1.807, 2.05) is 48.5 Å². The van der Waals surface area contributed by atoms with Crippen molar-refractivity contribution in [2.24, 2.45) is 0 Å². The summed E-state index contributed by atoms with van der Waals surface area (Å²) < 4.78 is 12.1. The molecule has 0 amide bonds. The molecule has 0 radical (unpaired) electrons. The number of nitrogens with two attached hydrogens (primary N) is 4. The number of aryl methyl sites for hydroxylation is 2. The van der Waals surface area contributed by atoms with Crippen LogP contribution in [-0.4, -0.2) is 11.6 Å². The fourth-order valence-corrected chi connectivity index (χ4v) is 5.63. The normalized spacial score (nSPS) is 12.1. The molecule has 4 aromatic rings.